The highest BCUT2D eigenvalue weighted by atomic mass is 19.2. The molecule has 3 N–H and O–H groups in total. The summed E-state index contributed by atoms with van der Waals surface area (Å²) < 4.78 is 15.1. The minimum atomic E-state index is -0.0978. The molecule has 0 fully saturated rings. The average molecular weight is 418 g/mol. The normalized spacial score (nSPS) is 11.0. The van der Waals surface area contributed by atoms with Crippen molar-refractivity contribution in [2.24, 2.45) is 0 Å². The molecule has 0 aliphatic heterocycles. The van der Waals surface area contributed by atoms with Gasteiger partial charge in [-0.15, -0.1) is 4.48 Å². The molecule has 0 saturated carbocycles. The highest BCUT2D eigenvalue weighted by Crippen LogP contribution is 2.29. The standard InChI is InChI=1S/C23H23FN6O/c1-14-7-4-5-10-18(14)30-17(11-16-9-6-8-15(2)19(16)23(30)31)12-29(3)22-20(28-24)21(25)26-13-27-22/h4-11,13,28H,12H2,1-3H3,(H2,25,26,27). The summed E-state index contributed by atoms with van der Waals surface area (Å²) in [4.78, 5) is 23.4. The van der Waals surface area contributed by atoms with Crippen LogP contribution in [0.1, 0.15) is 16.8 Å². The molecule has 0 amide bonds. The minimum absolute atomic E-state index is 0.00443. The number of hydrogen-bond acceptors (Lipinski definition) is 6. The van der Waals surface area contributed by atoms with Gasteiger partial charge in [-0.25, -0.2) is 15.5 Å². The number of pyridine rings is 1. The lowest BCUT2D eigenvalue weighted by Gasteiger charge is -2.24. The lowest BCUT2D eigenvalue weighted by Crippen LogP contribution is -2.28. The summed E-state index contributed by atoms with van der Waals surface area (Å²) in [6, 6.07) is 15.5. The molecular weight excluding hydrogens is 395 g/mol. The largest absolute Gasteiger partial charge is 0.382 e. The highest BCUT2D eigenvalue weighted by molar-refractivity contribution is 5.85. The van der Waals surface area contributed by atoms with Crippen LogP contribution < -0.4 is 21.7 Å². The molecule has 0 aliphatic carbocycles. The molecular formula is C23H23FN6O. The van der Waals surface area contributed by atoms with Gasteiger partial charge in [0.1, 0.15) is 6.33 Å². The zero-order valence-corrected chi connectivity index (χ0v) is 17.6. The van der Waals surface area contributed by atoms with Crippen LogP contribution in [0.5, 0.6) is 0 Å². The van der Waals surface area contributed by atoms with Gasteiger partial charge in [0.25, 0.3) is 5.56 Å². The Balaban J connectivity index is 1.94. The Hall–Kier alpha value is -3.94. The molecule has 0 saturated heterocycles. The Morgan fingerprint density at radius 2 is 1.84 bits per heavy atom. The maximum absolute atomic E-state index is 13.6. The van der Waals surface area contributed by atoms with E-state index in [0.29, 0.717) is 17.7 Å². The molecule has 2 aromatic carbocycles. The van der Waals surface area contributed by atoms with Crippen LogP contribution in [0.15, 0.2) is 59.7 Å². The number of para-hydroxylation sites is 1. The molecule has 158 valence electrons. The van der Waals surface area contributed by atoms with Crippen LogP contribution in [0, 0.1) is 13.8 Å². The van der Waals surface area contributed by atoms with Gasteiger partial charge in [0.05, 0.1) is 17.6 Å². The van der Waals surface area contributed by atoms with Crippen molar-refractivity contribution in [3.63, 3.8) is 0 Å². The van der Waals surface area contributed by atoms with Crippen LogP contribution in [0.2, 0.25) is 0 Å². The number of nitrogens with two attached hydrogens (primary N) is 1. The number of aromatic nitrogens is 3. The Bertz CT molecular complexity index is 1330. The summed E-state index contributed by atoms with van der Waals surface area (Å²) in [6.07, 6.45) is 1.28. The third-order valence-corrected chi connectivity index (χ3v) is 5.40. The number of rotatable bonds is 5. The first-order valence-corrected chi connectivity index (χ1v) is 9.81. The maximum atomic E-state index is 13.6. The van der Waals surface area contributed by atoms with E-state index in [1.54, 1.807) is 22.1 Å². The monoisotopic (exact) mass is 418 g/mol. The number of hydrogen-bond donors (Lipinski definition) is 2. The van der Waals surface area contributed by atoms with Crippen molar-refractivity contribution < 1.29 is 4.48 Å². The van der Waals surface area contributed by atoms with Crippen molar-refractivity contribution in [3.8, 4) is 5.69 Å². The van der Waals surface area contributed by atoms with Gasteiger partial charge in [-0.05, 0) is 42.5 Å². The van der Waals surface area contributed by atoms with E-state index in [1.165, 1.54) is 6.33 Å². The maximum Gasteiger partial charge on any atom is 0.263 e. The molecule has 4 rings (SSSR count). The van der Waals surface area contributed by atoms with Crippen LogP contribution in [-0.4, -0.2) is 21.6 Å². The van der Waals surface area contributed by atoms with Crippen molar-refractivity contribution in [1.29, 1.82) is 0 Å². The number of nitrogens with zero attached hydrogens (tertiary/aromatic N) is 4. The number of halogens is 1. The van der Waals surface area contributed by atoms with Crippen molar-refractivity contribution in [1.82, 2.24) is 14.5 Å². The minimum Gasteiger partial charge on any atom is -0.382 e. The molecule has 2 heterocycles. The average Bonchev–Trinajstić information content (AvgIpc) is 2.74. The molecule has 8 heteroatoms. The van der Waals surface area contributed by atoms with E-state index in [2.05, 4.69) is 9.97 Å². The summed E-state index contributed by atoms with van der Waals surface area (Å²) in [6.45, 7) is 4.19. The SMILES string of the molecule is Cc1ccccc1-n1c(CN(C)c2ncnc(N)c2NF)cc2cccc(C)c2c1=O. The van der Waals surface area contributed by atoms with Gasteiger partial charge in [0.2, 0.25) is 0 Å². The van der Waals surface area contributed by atoms with Crippen LogP contribution in [-0.2, 0) is 6.54 Å². The van der Waals surface area contributed by atoms with Gasteiger partial charge < -0.3 is 10.6 Å². The fourth-order valence-corrected chi connectivity index (χ4v) is 3.87. The van der Waals surface area contributed by atoms with Crippen LogP contribution in [0.3, 0.4) is 0 Å². The predicted molar refractivity (Wildman–Crippen MR) is 122 cm³/mol. The lowest BCUT2D eigenvalue weighted by molar-refractivity contribution is 0.615. The van der Waals surface area contributed by atoms with E-state index in [-0.39, 0.29) is 17.1 Å². The molecule has 0 aliphatic rings. The van der Waals surface area contributed by atoms with E-state index in [0.717, 1.165) is 27.9 Å². The summed E-state index contributed by atoms with van der Waals surface area (Å²) >= 11 is 0. The third-order valence-electron chi connectivity index (χ3n) is 5.40. The number of benzene rings is 2. The molecule has 0 unspecified atom stereocenters. The summed E-state index contributed by atoms with van der Waals surface area (Å²) in [7, 11) is 1.76. The summed E-state index contributed by atoms with van der Waals surface area (Å²) in [5.74, 6) is 0.299. The first-order valence-electron chi connectivity index (χ1n) is 9.81. The number of fused-ring (bicyclic) bond motifs is 1. The van der Waals surface area contributed by atoms with Crippen LogP contribution >= 0.6 is 0 Å². The number of nitrogens with one attached hydrogen (secondary N) is 1. The van der Waals surface area contributed by atoms with E-state index in [1.807, 2.05) is 62.4 Å². The highest BCUT2D eigenvalue weighted by Gasteiger charge is 2.18. The van der Waals surface area contributed by atoms with Crippen molar-refractivity contribution in [2.45, 2.75) is 20.4 Å². The first kappa shape index (κ1) is 20.3. The van der Waals surface area contributed by atoms with Crippen molar-refractivity contribution in [3.05, 3.63) is 82.0 Å². The molecule has 0 radical (unpaired) electrons. The van der Waals surface area contributed by atoms with Crippen molar-refractivity contribution in [2.75, 3.05) is 23.2 Å². The van der Waals surface area contributed by atoms with E-state index in [9.17, 15) is 9.28 Å². The second kappa shape index (κ2) is 8.06. The van der Waals surface area contributed by atoms with Gasteiger partial charge >= 0.3 is 0 Å². The molecule has 31 heavy (non-hydrogen) atoms. The smallest absolute Gasteiger partial charge is 0.263 e. The summed E-state index contributed by atoms with van der Waals surface area (Å²) in [5.41, 5.74) is 10.7. The topological polar surface area (TPSA) is 89.1 Å². The van der Waals surface area contributed by atoms with Crippen LogP contribution in [0.4, 0.5) is 21.8 Å². The quantitative estimate of drug-likeness (QED) is 0.478. The van der Waals surface area contributed by atoms with Crippen LogP contribution in [0.25, 0.3) is 16.5 Å². The molecule has 0 atom stereocenters. The first-order chi connectivity index (χ1) is 14.9. The van der Waals surface area contributed by atoms with Gasteiger partial charge in [0, 0.05) is 12.7 Å². The Labute approximate surface area is 178 Å². The predicted octanol–water partition coefficient (Wildman–Crippen LogP) is 3.91. The lowest BCUT2D eigenvalue weighted by atomic mass is 10.1. The summed E-state index contributed by atoms with van der Waals surface area (Å²) in [5, 5.41) is 1.53. The third kappa shape index (κ3) is 3.56. The van der Waals surface area contributed by atoms with E-state index in [4.69, 9.17) is 5.73 Å². The molecule has 2 aromatic heterocycles. The Kier molecular flexibility index (Phi) is 5.29. The molecule has 0 spiro atoms. The fraction of sp³-hybridized carbons (Fsp3) is 0.174. The van der Waals surface area contributed by atoms with Gasteiger partial charge in [-0.1, -0.05) is 36.4 Å². The zero-order valence-electron chi connectivity index (χ0n) is 17.6. The second-order valence-electron chi connectivity index (χ2n) is 7.51. The van der Waals surface area contributed by atoms with Crippen molar-refractivity contribution >= 4 is 28.1 Å². The zero-order chi connectivity index (χ0) is 22.1. The van der Waals surface area contributed by atoms with Gasteiger partial charge in [-0.2, -0.15) is 0 Å². The molecule has 4 aromatic rings. The fourth-order valence-electron chi connectivity index (χ4n) is 3.87. The number of nitrogen functional groups attached to an aromatic ring is 1. The van der Waals surface area contributed by atoms with Gasteiger partial charge in [0.15, 0.2) is 17.3 Å². The second-order valence-corrected chi connectivity index (χ2v) is 7.51. The Morgan fingerprint density at radius 3 is 2.58 bits per heavy atom. The number of aryl methyl sites for hydroxylation is 2. The van der Waals surface area contributed by atoms with E-state index >= 15 is 0 Å². The number of anilines is 3. The molecule has 0 bridgehead atoms. The molecule has 7 nitrogen and oxygen atoms in total. The van der Waals surface area contributed by atoms with E-state index < -0.39 is 0 Å². The Morgan fingerprint density at radius 1 is 1.10 bits per heavy atom. The van der Waals surface area contributed by atoms with Gasteiger partial charge in [-0.3, -0.25) is 9.36 Å².